The van der Waals surface area contributed by atoms with Crippen LogP contribution in [0.3, 0.4) is 0 Å². The maximum absolute atomic E-state index is 11.8. The normalized spacial score (nSPS) is 9.67. The molecule has 0 heterocycles. The molecule has 0 saturated heterocycles. The summed E-state index contributed by atoms with van der Waals surface area (Å²) in [5.41, 5.74) is 9.36. The lowest BCUT2D eigenvalue weighted by Gasteiger charge is -2.10. The van der Waals surface area contributed by atoms with Gasteiger partial charge in [0.2, 0.25) is 0 Å². The van der Waals surface area contributed by atoms with Crippen LogP contribution in [0.1, 0.15) is 15.9 Å². The smallest absolute Gasteiger partial charge is 0.312 e. The molecule has 0 spiro atoms. The van der Waals surface area contributed by atoms with Crippen LogP contribution in [0.2, 0.25) is 0 Å². The number of hydrogen-bond donors (Lipinski definition) is 5. The molecule has 0 aliphatic rings. The zero-order valence-corrected chi connectivity index (χ0v) is 10.1. The molecule has 1 aromatic carbocycles. The molecule has 1 rings (SSSR count). The van der Waals surface area contributed by atoms with E-state index in [0.29, 0.717) is 17.8 Å². The SMILES string of the molecule is Cc1ccc(C(=O)NCCNC(N)=O)c(NN)c1. The lowest BCUT2D eigenvalue weighted by atomic mass is 10.1. The van der Waals surface area contributed by atoms with Crippen LogP contribution in [0.15, 0.2) is 18.2 Å². The highest BCUT2D eigenvalue weighted by Gasteiger charge is 2.10. The minimum Gasteiger partial charge on any atom is -0.352 e. The number of nitrogens with one attached hydrogen (secondary N) is 3. The van der Waals surface area contributed by atoms with Gasteiger partial charge in [-0.25, -0.2) is 4.79 Å². The number of aryl methyl sites for hydroxylation is 1. The number of urea groups is 1. The number of hydrogen-bond acceptors (Lipinski definition) is 4. The Morgan fingerprint density at radius 3 is 2.50 bits per heavy atom. The molecule has 3 amide bonds. The third-order valence-corrected chi connectivity index (χ3v) is 2.28. The summed E-state index contributed by atoms with van der Waals surface area (Å²) in [4.78, 5) is 22.3. The number of nitrogens with two attached hydrogens (primary N) is 2. The number of anilines is 1. The Balaban J connectivity index is 2.58. The number of carbonyl (C=O) groups is 2. The van der Waals surface area contributed by atoms with Crippen molar-refractivity contribution >= 4 is 17.6 Å². The zero-order valence-electron chi connectivity index (χ0n) is 10.1. The Morgan fingerprint density at radius 1 is 1.22 bits per heavy atom. The Labute approximate surface area is 105 Å². The summed E-state index contributed by atoms with van der Waals surface area (Å²) >= 11 is 0. The Morgan fingerprint density at radius 2 is 1.89 bits per heavy atom. The van der Waals surface area contributed by atoms with Crippen LogP contribution in [0, 0.1) is 6.92 Å². The van der Waals surface area contributed by atoms with E-state index in [1.807, 2.05) is 13.0 Å². The summed E-state index contributed by atoms with van der Waals surface area (Å²) in [6.07, 6.45) is 0. The minimum absolute atomic E-state index is 0.269. The Hall–Kier alpha value is -2.28. The molecule has 0 radical (unpaired) electrons. The summed E-state index contributed by atoms with van der Waals surface area (Å²) in [6, 6.07) is 4.65. The van der Waals surface area contributed by atoms with Crippen molar-refractivity contribution in [1.29, 1.82) is 0 Å². The number of carbonyl (C=O) groups excluding carboxylic acids is 2. The first-order chi connectivity index (χ1) is 8.54. The molecule has 0 atom stereocenters. The van der Waals surface area contributed by atoms with Crippen molar-refractivity contribution < 1.29 is 9.59 Å². The van der Waals surface area contributed by atoms with Crippen LogP contribution in [0.5, 0.6) is 0 Å². The van der Waals surface area contributed by atoms with E-state index in [1.165, 1.54) is 0 Å². The predicted molar refractivity (Wildman–Crippen MR) is 68.9 cm³/mol. The number of benzene rings is 1. The van der Waals surface area contributed by atoms with Crippen molar-refractivity contribution in [3.05, 3.63) is 29.3 Å². The minimum atomic E-state index is -0.621. The Kier molecular flexibility index (Phi) is 4.94. The van der Waals surface area contributed by atoms with Crippen LogP contribution < -0.4 is 27.6 Å². The van der Waals surface area contributed by atoms with Gasteiger partial charge in [0, 0.05) is 13.1 Å². The molecule has 0 saturated carbocycles. The quantitative estimate of drug-likeness (QED) is 0.279. The van der Waals surface area contributed by atoms with Gasteiger partial charge >= 0.3 is 6.03 Å². The molecule has 18 heavy (non-hydrogen) atoms. The van der Waals surface area contributed by atoms with E-state index >= 15 is 0 Å². The first-order valence-corrected chi connectivity index (χ1v) is 5.43. The number of rotatable bonds is 5. The first-order valence-electron chi connectivity index (χ1n) is 5.43. The molecule has 0 aromatic heterocycles. The molecule has 0 bridgehead atoms. The molecule has 7 N–H and O–H groups in total. The molecule has 1 aromatic rings. The van der Waals surface area contributed by atoms with Gasteiger partial charge in [-0.2, -0.15) is 0 Å². The van der Waals surface area contributed by atoms with E-state index in [0.717, 1.165) is 5.56 Å². The van der Waals surface area contributed by atoms with Gasteiger partial charge in [-0.15, -0.1) is 0 Å². The monoisotopic (exact) mass is 251 g/mol. The van der Waals surface area contributed by atoms with Crippen molar-refractivity contribution in [2.75, 3.05) is 18.5 Å². The third-order valence-electron chi connectivity index (χ3n) is 2.28. The van der Waals surface area contributed by atoms with E-state index in [1.54, 1.807) is 12.1 Å². The van der Waals surface area contributed by atoms with Crippen LogP contribution >= 0.6 is 0 Å². The van der Waals surface area contributed by atoms with Crippen molar-refractivity contribution in [2.45, 2.75) is 6.92 Å². The highest BCUT2D eigenvalue weighted by Crippen LogP contribution is 2.16. The zero-order chi connectivity index (χ0) is 13.5. The van der Waals surface area contributed by atoms with Gasteiger partial charge in [0.15, 0.2) is 0 Å². The van der Waals surface area contributed by atoms with E-state index in [-0.39, 0.29) is 12.5 Å². The van der Waals surface area contributed by atoms with E-state index in [2.05, 4.69) is 16.1 Å². The molecule has 7 nitrogen and oxygen atoms in total. The van der Waals surface area contributed by atoms with Gasteiger partial charge in [0.1, 0.15) is 0 Å². The molecule has 0 fully saturated rings. The second-order valence-electron chi connectivity index (χ2n) is 3.74. The number of nitrogen functional groups attached to an aromatic ring is 1. The van der Waals surface area contributed by atoms with Crippen molar-refractivity contribution in [2.24, 2.45) is 11.6 Å². The largest absolute Gasteiger partial charge is 0.352 e. The first kappa shape index (κ1) is 13.8. The van der Waals surface area contributed by atoms with Gasteiger partial charge in [0.25, 0.3) is 5.91 Å². The van der Waals surface area contributed by atoms with Gasteiger partial charge in [-0.3, -0.25) is 10.6 Å². The van der Waals surface area contributed by atoms with Gasteiger partial charge in [0.05, 0.1) is 11.3 Å². The van der Waals surface area contributed by atoms with E-state index in [9.17, 15) is 9.59 Å². The predicted octanol–water partition coefficient (Wildman–Crippen LogP) is -0.321. The van der Waals surface area contributed by atoms with Crippen molar-refractivity contribution in [3.8, 4) is 0 Å². The highest BCUT2D eigenvalue weighted by atomic mass is 16.2. The van der Waals surface area contributed by atoms with E-state index < -0.39 is 6.03 Å². The summed E-state index contributed by atoms with van der Waals surface area (Å²) in [5, 5.41) is 5.02. The Bertz CT molecular complexity index is 447. The average Bonchev–Trinajstić information content (AvgIpc) is 2.33. The highest BCUT2D eigenvalue weighted by molar-refractivity contribution is 5.99. The van der Waals surface area contributed by atoms with Crippen LogP contribution in [0.4, 0.5) is 10.5 Å². The van der Waals surface area contributed by atoms with Crippen LogP contribution in [-0.2, 0) is 0 Å². The second kappa shape index (κ2) is 6.45. The summed E-state index contributed by atoms with van der Waals surface area (Å²) < 4.78 is 0. The van der Waals surface area contributed by atoms with Gasteiger partial charge in [-0.1, -0.05) is 6.07 Å². The fourth-order valence-corrected chi connectivity index (χ4v) is 1.43. The maximum atomic E-state index is 11.8. The van der Waals surface area contributed by atoms with Crippen molar-refractivity contribution in [1.82, 2.24) is 10.6 Å². The molecular weight excluding hydrogens is 234 g/mol. The molecule has 0 unspecified atom stereocenters. The van der Waals surface area contributed by atoms with E-state index in [4.69, 9.17) is 11.6 Å². The lowest BCUT2D eigenvalue weighted by Crippen LogP contribution is -2.37. The van der Waals surface area contributed by atoms with Gasteiger partial charge in [-0.05, 0) is 24.6 Å². The summed E-state index contributed by atoms with van der Waals surface area (Å²) in [6.45, 7) is 2.47. The van der Waals surface area contributed by atoms with Crippen molar-refractivity contribution in [3.63, 3.8) is 0 Å². The van der Waals surface area contributed by atoms with Crippen LogP contribution in [-0.4, -0.2) is 25.0 Å². The van der Waals surface area contributed by atoms with Crippen LogP contribution in [0.25, 0.3) is 0 Å². The summed E-state index contributed by atoms with van der Waals surface area (Å²) in [5.74, 6) is 5.08. The number of hydrazine groups is 1. The fraction of sp³-hybridized carbons (Fsp3) is 0.273. The standard InChI is InChI=1S/C11H17N5O2/c1-7-2-3-8(9(6-7)16-13)10(17)14-4-5-15-11(12)18/h2-3,6,16H,4-5,13H2,1H3,(H,14,17)(H3,12,15,18). The third kappa shape index (κ3) is 3.95. The number of amides is 3. The molecule has 0 aliphatic heterocycles. The lowest BCUT2D eigenvalue weighted by molar-refractivity contribution is 0.0954. The fourth-order valence-electron chi connectivity index (χ4n) is 1.43. The summed E-state index contributed by atoms with van der Waals surface area (Å²) in [7, 11) is 0. The molecule has 0 aliphatic carbocycles. The average molecular weight is 251 g/mol. The maximum Gasteiger partial charge on any atom is 0.312 e. The molecule has 7 heteroatoms. The topological polar surface area (TPSA) is 122 Å². The van der Waals surface area contributed by atoms with Gasteiger partial charge < -0.3 is 21.8 Å². The second-order valence-corrected chi connectivity index (χ2v) is 3.74. The molecular formula is C11H17N5O2. The number of primary amides is 1. The molecule has 98 valence electrons.